The van der Waals surface area contributed by atoms with E-state index in [4.69, 9.17) is 9.47 Å². The topological polar surface area (TPSA) is 84.5 Å². The number of benzene rings is 2. The lowest BCUT2D eigenvalue weighted by Gasteiger charge is -2.09. The summed E-state index contributed by atoms with van der Waals surface area (Å²) in [6.07, 6.45) is 0.669. The average molecular weight is 425 g/mol. The van der Waals surface area contributed by atoms with Crippen LogP contribution in [0.4, 0.5) is 5.13 Å². The molecule has 0 bridgehead atoms. The van der Waals surface area contributed by atoms with Gasteiger partial charge in [0.2, 0.25) is 5.91 Å². The lowest BCUT2D eigenvalue weighted by molar-refractivity contribution is -0.117. The Morgan fingerprint density at radius 1 is 1.10 bits per heavy atom. The highest BCUT2D eigenvalue weighted by Gasteiger charge is 2.30. The highest BCUT2D eigenvalue weighted by Crippen LogP contribution is 2.36. The second kappa shape index (κ2) is 8.83. The van der Waals surface area contributed by atoms with Crippen LogP contribution in [0, 0.1) is 6.92 Å². The van der Waals surface area contributed by atoms with E-state index in [9.17, 15) is 4.79 Å². The first-order valence-corrected chi connectivity index (χ1v) is 10.5. The molecule has 1 amide bonds. The molecule has 1 aliphatic heterocycles. The van der Waals surface area contributed by atoms with Crippen LogP contribution >= 0.6 is 11.3 Å². The second-order valence-corrected chi connectivity index (χ2v) is 8.23. The van der Waals surface area contributed by atoms with Gasteiger partial charge in [-0.1, -0.05) is 30.3 Å². The molecule has 8 heteroatoms. The summed E-state index contributed by atoms with van der Waals surface area (Å²) in [6, 6.07) is 15.5. The van der Waals surface area contributed by atoms with Gasteiger partial charge in [-0.2, -0.15) is 0 Å². The van der Waals surface area contributed by atoms with Crippen molar-refractivity contribution in [1.82, 2.24) is 15.8 Å². The van der Waals surface area contributed by atoms with Crippen molar-refractivity contribution in [3.05, 3.63) is 59.0 Å². The maximum Gasteiger partial charge on any atom is 0.244 e. The van der Waals surface area contributed by atoms with E-state index in [0.29, 0.717) is 23.1 Å². The number of nitrogens with zero attached hydrogens (tertiary/aromatic N) is 1. The van der Waals surface area contributed by atoms with E-state index in [0.717, 1.165) is 21.7 Å². The molecule has 1 aromatic heterocycles. The Balaban J connectivity index is 1.46. The Kier molecular flexibility index (Phi) is 5.98. The average Bonchev–Trinajstić information content (AvgIpc) is 3.41. The number of carbonyl (C=O) groups is 1. The largest absolute Gasteiger partial charge is 0.493 e. The van der Waals surface area contributed by atoms with Crippen LogP contribution in [0.25, 0.3) is 11.3 Å². The van der Waals surface area contributed by atoms with Crippen molar-refractivity contribution in [1.29, 1.82) is 0 Å². The Morgan fingerprint density at radius 2 is 1.87 bits per heavy atom. The fraction of sp³-hybridized carbons (Fsp3) is 0.273. The van der Waals surface area contributed by atoms with E-state index in [1.165, 1.54) is 11.3 Å². The van der Waals surface area contributed by atoms with E-state index >= 15 is 0 Å². The van der Waals surface area contributed by atoms with Crippen LogP contribution in [-0.4, -0.2) is 31.2 Å². The third-order valence-corrected chi connectivity index (χ3v) is 5.99. The Bertz CT molecular complexity index is 1040. The number of anilines is 1. The van der Waals surface area contributed by atoms with E-state index in [1.54, 1.807) is 14.2 Å². The summed E-state index contributed by atoms with van der Waals surface area (Å²) in [7, 11) is 3.21. The summed E-state index contributed by atoms with van der Waals surface area (Å²) in [5.41, 5.74) is 9.17. The SMILES string of the molecule is COc1ccc(-c2nc(NC(=O)C3CC(c4ccccc4)NN3)sc2C)cc1OC. The molecule has 2 unspecified atom stereocenters. The van der Waals surface area contributed by atoms with Gasteiger partial charge in [0.05, 0.1) is 19.9 Å². The maximum atomic E-state index is 12.7. The normalized spacial score (nSPS) is 18.2. The van der Waals surface area contributed by atoms with Crippen LogP contribution in [0.5, 0.6) is 11.5 Å². The fourth-order valence-corrected chi connectivity index (χ4v) is 4.36. The number of thiazole rings is 1. The third-order valence-electron chi connectivity index (χ3n) is 5.11. The molecule has 7 nitrogen and oxygen atoms in total. The molecule has 3 aromatic rings. The van der Waals surface area contributed by atoms with Gasteiger partial charge < -0.3 is 14.8 Å². The first-order valence-electron chi connectivity index (χ1n) is 9.65. The molecular weight excluding hydrogens is 400 g/mol. The van der Waals surface area contributed by atoms with Gasteiger partial charge in [0.1, 0.15) is 6.04 Å². The summed E-state index contributed by atoms with van der Waals surface area (Å²) in [5.74, 6) is 1.20. The van der Waals surface area contributed by atoms with Crippen molar-refractivity contribution in [2.45, 2.75) is 25.4 Å². The van der Waals surface area contributed by atoms with E-state index in [1.807, 2.05) is 43.3 Å². The molecule has 3 N–H and O–H groups in total. The minimum atomic E-state index is -0.330. The molecule has 2 heterocycles. The number of aromatic nitrogens is 1. The Labute approximate surface area is 179 Å². The van der Waals surface area contributed by atoms with Crippen LogP contribution in [0.1, 0.15) is 22.9 Å². The Hall–Kier alpha value is -2.94. The molecule has 0 radical (unpaired) electrons. The zero-order valence-corrected chi connectivity index (χ0v) is 17.9. The van der Waals surface area contributed by atoms with Crippen LogP contribution in [-0.2, 0) is 4.79 Å². The molecule has 2 atom stereocenters. The predicted molar refractivity (Wildman–Crippen MR) is 118 cm³/mol. The predicted octanol–water partition coefficient (Wildman–Crippen LogP) is 3.68. The highest BCUT2D eigenvalue weighted by molar-refractivity contribution is 7.16. The smallest absolute Gasteiger partial charge is 0.244 e. The minimum absolute atomic E-state index is 0.0994. The van der Waals surface area contributed by atoms with Crippen molar-refractivity contribution in [2.75, 3.05) is 19.5 Å². The molecular formula is C22H24N4O3S. The summed E-state index contributed by atoms with van der Waals surface area (Å²) in [4.78, 5) is 18.4. The molecule has 0 aliphatic carbocycles. The molecule has 1 aliphatic rings. The van der Waals surface area contributed by atoms with Crippen LogP contribution in [0.2, 0.25) is 0 Å². The lowest BCUT2D eigenvalue weighted by atomic mass is 10.0. The van der Waals surface area contributed by atoms with Gasteiger partial charge >= 0.3 is 0 Å². The summed E-state index contributed by atoms with van der Waals surface area (Å²) >= 11 is 1.45. The number of hydrogen-bond donors (Lipinski definition) is 3. The number of ether oxygens (including phenoxy) is 2. The van der Waals surface area contributed by atoms with Gasteiger partial charge in [-0.3, -0.25) is 4.79 Å². The number of hydrogen-bond acceptors (Lipinski definition) is 7. The molecule has 4 rings (SSSR count). The minimum Gasteiger partial charge on any atom is -0.493 e. The fourth-order valence-electron chi connectivity index (χ4n) is 3.53. The van der Waals surface area contributed by atoms with Gasteiger partial charge in [0, 0.05) is 16.5 Å². The summed E-state index contributed by atoms with van der Waals surface area (Å²) in [5, 5.41) is 3.52. The second-order valence-electron chi connectivity index (χ2n) is 7.02. The van der Waals surface area contributed by atoms with E-state index < -0.39 is 0 Å². The Morgan fingerprint density at radius 3 is 2.60 bits per heavy atom. The third kappa shape index (κ3) is 4.16. The molecule has 30 heavy (non-hydrogen) atoms. The standard InChI is InChI=1S/C22H24N4O3S/c1-13-20(15-9-10-18(28-2)19(11-15)29-3)23-22(30-13)24-21(27)17-12-16(25-26-17)14-7-5-4-6-8-14/h4-11,16-17,25-26H,12H2,1-3H3,(H,23,24,27). The van der Waals surface area contributed by atoms with Gasteiger partial charge in [-0.05, 0) is 37.1 Å². The van der Waals surface area contributed by atoms with Crippen molar-refractivity contribution < 1.29 is 14.3 Å². The highest BCUT2D eigenvalue weighted by atomic mass is 32.1. The van der Waals surface area contributed by atoms with Crippen LogP contribution in [0.15, 0.2) is 48.5 Å². The molecule has 156 valence electrons. The molecule has 0 spiro atoms. The van der Waals surface area contributed by atoms with E-state index in [2.05, 4.69) is 33.3 Å². The lowest BCUT2D eigenvalue weighted by Crippen LogP contribution is -2.39. The van der Waals surface area contributed by atoms with Crippen LogP contribution in [0.3, 0.4) is 0 Å². The quantitative estimate of drug-likeness (QED) is 0.560. The molecule has 1 saturated heterocycles. The number of aryl methyl sites for hydroxylation is 1. The molecule has 2 aromatic carbocycles. The van der Waals surface area contributed by atoms with Crippen LogP contribution < -0.4 is 25.6 Å². The number of nitrogens with one attached hydrogen (secondary N) is 3. The monoisotopic (exact) mass is 424 g/mol. The molecule has 1 fully saturated rings. The van der Waals surface area contributed by atoms with Crippen molar-refractivity contribution >= 4 is 22.4 Å². The number of methoxy groups -OCH3 is 2. The number of rotatable bonds is 6. The van der Waals surface area contributed by atoms with Crippen molar-refractivity contribution in [3.63, 3.8) is 0 Å². The summed E-state index contributed by atoms with van der Waals surface area (Å²) in [6.45, 7) is 1.99. The van der Waals surface area contributed by atoms with Crippen molar-refractivity contribution in [2.24, 2.45) is 0 Å². The van der Waals surface area contributed by atoms with E-state index in [-0.39, 0.29) is 18.0 Å². The van der Waals surface area contributed by atoms with Gasteiger partial charge in [-0.25, -0.2) is 15.8 Å². The van der Waals surface area contributed by atoms with Gasteiger partial charge in [0.25, 0.3) is 0 Å². The first-order chi connectivity index (χ1) is 14.6. The van der Waals surface area contributed by atoms with Gasteiger partial charge in [0.15, 0.2) is 16.6 Å². The van der Waals surface area contributed by atoms with Crippen molar-refractivity contribution in [3.8, 4) is 22.8 Å². The zero-order valence-electron chi connectivity index (χ0n) is 17.1. The number of carbonyl (C=O) groups excluding carboxylic acids is 1. The summed E-state index contributed by atoms with van der Waals surface area (Å²) < 4.78 is 10.7. The number of hydrazine groups is 1. The molecule has 0 saturated carbocycles. The first kappa shape index (κ1) is 20.3. The van der Waals surface area contributed by atoms with Gasteiger partial charge in [-0.15, -0.1) is 11.3 Å². The number of amides is 1. The zero-order chi connectivity index (χ0) is 21.1. The maximum absolute atomic E-state index is 12.7.